The second kappa shape index (κ2) is 5.93. The van der Waals surface area contributed by atoms with Crippen LogP contribution in [0.2, 0.25) is 18.1 Å². The predicted octanol–water partition coefficient (Wildman–Crippen LogP) is 2.44. The first kappa shape index (κ1) is 19.1. The highest BCUT2D eigenvalue weighted by molar-refractivity contribution is 6.74. The predicted molar refractivity (Wildman–Crippen MR) is 91.6 cm³/mol. The van der Waals surface area contributed by atoms with Crippen LogP contribution in [0.15, 0.2) is 12.2 Å². The number of hydrogen-bond donors (Lipinski definition) is 2. The molecule has 2 rings (SSSR count). The van der Waals surface area contributed by atoms with Crippen LogP contribution < -0.4 is 0 Å². The first-order valence-electron chi connectivity index (χ1n) is 8.32. The van der Waals surface area contributed by atoms with Crippen molar-refractivity contribution in [2.24, 2.45) is 5.92 Å². The molecular formula is C17H32O5Si. The fourth-order valence-corrected chi connectivity index (χ4v) is 4.32. The first-order valence-corrected chi connectivity index (χ1v) is 11.2. The monoisotopic (exact) mass is 344 g/mol. The van der Waals surface area contributed by atoms with E-state index in [1.54, 1.807) is 0 Å². The van der Waals surface area contributed by atoms with E-state index < -0.39 is 38.3 Å². The summed E-state index contributed by atoms with van der Waals surface area (Å²) >= 11 is 0. The largest absolute Gasteiger partial charge is 0.407 e. The van der Waals surface area contributed by atoms with Gasteiger partial charge in [0.25, 0.3) is 0 Å². The summed E-state index contributed by atoms with van der Waals surface area (Å²) in [4.78, 5) is 0. The van der Waals surface area contributed by atoms with E-state index in [1.807, 2.05) is 13.8 Å². The molecule has 0 radical (unpaired) electrons. The molecule has 2 N–H and O–H groups in total. The number of aliphatic hydroxyl groups is 2. The lowest BCUT2D eigenvalue weighted by atomic mass is 9.78. The van der Waals surface area contributed by atoms with Crippen molar-refractivity contribution in [1.82, 2.24) is 0 Å². The lowest BCUT2D eigenvalue weighted by Gasteiger charge is -2.46. The molecule has 1 aliphatic carbocycles. The zero-order valence-electron chi connectivity index (χ0n) is 15.4. The van der Waals surface area contributed by atoms with Crippen LogP contribution in [0.4, 0.5) is 0 Å². The highest BCUT2D eigenvalue weighted by Gasteiger charge is 2.57. The number of aliphatic hydroxyl groups excluding tert-OH is 2. The molecule has 0 amide bonds. The molecule has 1 saturated heterocycles. The fourth-order valence-electron chi connectivity index (χ4n) is 3.05. The van der Waals surface area contributed by atoms with Gasteiger partial charge in [0, 0.05) is 5.92 Å². The fraction of sp³-hybridized carbons (Fsp3) is 0.882. The second-order valence-electron chi connectivity index (χ2n) is 8.72. The highest BCUT2D eigenvalue weighted by Crippen LogP contribution is 2.46. The second-order valence-corrected chi connectivity index (χ2v) is 13.5. The Morgan fingerprint density at radius 3 is 2.22 bits per heavy atom. The van der Waals surface area contributed by atoms with Gasteiger partial charge in [-0.1, -0.05) is 27.4 Å². The highest BCUT2D eigenvalue weighted by atomic mass is 28.4. The molecule has 1 unspecified atom stereocenters. The Labute approximate surface area is 140 Å². The van der Waals surface area contributed by atoms with E-state index in [4.69, 9.17) is 13.9 Å². The summed E-state index contributed by atoms with van der Waals surface area (Å²) in [5.41, 5.74) is 0.701. The van der Waals surface area contributed by atoms with Gasteiger partial charge in [-0.3, -0.25) is 0 Å². The maximum absolute atomic E-state index is 10.5. The van der Waals surface area contributed by atoms with Crippen molar-refractivity contribution in [3.8, 4) is 0 Å². The van der Waals surface area contributed by atoms with Gasteiger partial charge in [0.15, 0.2) is 14.1 Å². The van der Waals surface area contributed by atoms with E-state index in [2.05, 4.69) is 40.4 Å². The van der Waals surface area contributed by atoms with Gasteiger partial charge in [-0.2, -0.15) is 0 Å². The molecule has 0 aromatic heterocycles. The molecule has 23 heavy (non-hydrogen) atoms. The molecule has 1 aliphatic heterocycles. The van der Waals surface area contributed by atoms with E-state index in [0.717, 1.165) is 0 Å². The molecule has 6 heteroatoms. The Morgan fingerprint density at radius 2 is 1.74 bits per heavy atom. The maximum atomic E-state index is 10.5. The normalized spacial score (nSPS) is 37.8. The Morgan fingerprint density at radius 1 is 1.22 bits per heavy atom. The van der Waals surface area contributed by atoms with E-state index in [1.165, 1.54) is 0 Å². The van der Waals surface area contributed by atoms with Crippen molar-refractivity contribution in [3.63, 3.8) is 0 Å². The lowest BCUT2D eigenvalue weighted by molar-refractivity contribution is -0.157. The number of hydrogen-bond acceptors (Lipinski definition) is 5. The van der Waals surface area contributed by atoms with Crippen LogP contribution in [0.25, 0.3) is 0 Å². The van der Waals surface area contributed by atoms with Crippen molar-refractivity contribution in [3.05, 3.63) is 12.2 Å². The molecular weight excluding hydrogens is 312 g/mol. The third kappa shape index (κ3) is 3.43. The van der Waals surface area contributed by atoms with E-state index in [9.17, 15) is 10.2 Å². The molecule has 134 valence electrons. The zero-order chi connectivity index (χ0) is 17.8. The van der Waals surface area contributed by atoms with E-state index in [0.29, 0.717) is 5.57 Å². The van der Waals surface area contributed by atoms with Crippen LogP contribution in [0, 0.1) is 5.92 Å². The van der Waals surface area contributed by atoms with Crippen molar-refractivity contribution >= 4 is 8.32 Å². The first-order chi connectivity index (χ1) is 10.3. The van der Waals surface area contributed by atoms with Gasteiger partial charge in [-0.25, -0.2) is 0 Å². The molecule has 0 aromatic carbocycles. The Bertz CT molecular complexity index is 468. The molecule has 0 spiro atoms. The van der Waals surface area contributed by atoms with Crippen molar-refractivity contribution in [2.45, 2.75) is 83.0 Å². The SMILES string of the molecule is C=C1C(O[Si](C)(C)C(C)(C)C)[C@H]2OC(C)(C)O[C@H]2[C@H](O)[C@@H]1CO. The van der Waals surface area contributed by atoms with Crippen LogP contribution in [0.5, 0.6) is 0 Å². The average Bonchev–Trinajstić information content (AvgIpc) is 2.70. The van der Waals surface area contributed by atoms with Crippen LogP contribution in [-0.4, -0.2) is 55.3 Å². The van der Waals surface area contributed by atoms with Crippen molar-refractivity contribution in [2.75, 3.05) is 6.61 Å². The summed E-state index contributed by atoms with van der Waals surface area (Å²) in [5, 5.41) is 20.3. The molecule has 5 atom stereocenters. The van der Waals surface area contributed by atoms with Gasteiger partial charge >= 0.3 is 0 Å². The van der Waals surface area contributed by atoms with Gasteiger partial charge in [-0.05, 0) is 37.6 Å². The summed E-state index contributed by atoms with van der Waals surface area (Å²) in [6, 6.07) is 0. The lowest BCUT2D eigenvalue weighted by Crippen LogP contribution is -2.58. The van der Waals surface area contributed by atoms with Crippen LogP contribution >= 0.6 is 0 Å². The molecule has 2 aliphatic rings. The molecule has 5 nitrogen and oxygen atoms in total. The van der Waals surface area contributed by atoms with Crippen molar-refractivity contribution < 1.29 is 24.1 Å². The minimum absolute atomic E-state index is 0.0442. The van der Waals surface area contributed by atoms with E-state index >= 15 is 0 Å². The van der Waals surface area contributed by atoms with Gasteiger partial charge in [0.05, 0.1) is 18.8 Å². The average molecular weight is 345 g/mol. The molecule has 1 saturated carbocycles. The van der Waals surface area contributed by atoms with Gasteiger partial charge in [0.1, 0.15) is 12.2 Å². The standard InChI is InChI=1S/C17H32O5Si/c1-10-11(9-18)12(19)14-15(21-17(5,6)20-14)13(10)22-23(7,8)16(2,3)4/h11-15,18-19H,1,9H2,2-8H3/t11-,12-,13?,14+,15-/m1/s1. The quantitative estimate of drug-likeness (QED) is 0.608. The van der Waals surface area contributed by atoms with Gasteiger partial charge in [-0.15, -0.1) is 0 Å². The Hall–Kier alpha value is -0.243. The Balaban J connectivity index is 2.34. The molecule has 2 fully saturated rings. The van der Waals surface area contributed by atoms with Crippen LogP contribution in [-0.2, 0) is 13.9 Å². The molecule has 0 aromatic rings. The van der Waals surface area contributed by atoms with E-state index in [-0.39, 0.29) is 17.7 Å². The summed E-state index contributed by atoms with van der Waals surface area (Å²) in [7, 11) is -2.06. The molecule has 0 bridgehead atoms. The maximum Gasteiger partial charge on any atom is 0.193 e. The third-order valence-electron chi connectivity index (χ3n) is 5.48. The summed E-state index contributed by atoms with van der Waals surface area (Å²) in [6.07, 6.45) is -2.12. The summed E-state index contributed by atoms with van der Waals surface area (Å²) in [6.45, 7) is 18.5. The number of ether oxygens (including phenoxy) is 2. The smallest absolute Gasteiger partial charge is 0.193 e. The van der Waals surface area contributed by atoms with Gasteiger partial charge in [0.2, 0.25) is 0 Å². The third-order valence-corrected chi connectivity index (χ3v) is 9.93. The van der Waals surface area contributed by atoms with Gasteiger partial charge < -0.3 is 24.1 Å². The Kier molecular flexibility index (Phi) is 4.92. The van der Waals surface area contributed by atoms with Crippen LogP contribution in [0.1, 0.15) is 34.6 Å². The summed E-state index contributed by atoms with van der Waals surface area (Å²) in [5.74, 6) is -1.24. The zero-order valence-corrected chi connectivity index (χ0v) is 16.4. The minimum Gasteiger partial charge on any atom is -0.407 e. The topological polar surface area (TPSA) is 68.2 Å². The number of fused-ring (bicyclic) bond motifs is 1. The van der Waals surface area contributed by atoms with Crippen LogP contribution in [0.3, 0.4) is 0 Å². The minimum atomic E-state index is -2.06. The number of rotatable bonds is 3. The molecule has 1 heterocycles. The van der Waals surface area contributed by atoms with Crippen molar-refractivity contribution in [1.29, 1.82) is 0 Å². The summed E-state index contributed by atoms with van der Waals surface area (Å²) < 4.78 is 18.5.